The number of halogens is 1. The lowest BCUT2D eigenvalue weighted by atomic mass is 10.2. The summed E-state index contributed by atoms with van der Waals surface area (Å²) in [6.07, 6.45) is 3.22. The van der Waals surface area contributed by atoms with Crippen molar-refractivity contribution >= 4 is 29.7 Å². The van der Waals surface area contributed by atoms with Crippen molar-refractivity contribution in [3.05, 3.63) is 24.0 Å². The number of carbonyl (C=O) groups is 2. The topological polar surface area (TPSA) is 77.5 Å². The molecule has 2 heterocycles. The number of hydrogen-bond donors (Lipinski definition) is 1. The summed E-state index contributed by atoms with van der Waals surface area (Å²) >= 11 is 0. The molecule has 1 aliphatic carbocycles. The summed E-state index contributed by atoms with van der Waals surface area (Å²) in [5, 5.41) is 9.07. The zero-order chi connectivity index (χ0) is 19.7. The van der Waals surface area contributed by atoms with Crippen LogP contribution in [0.3, 0.4) is 0 Å². The van der Waals surface area contributed by atoms with E-state index < -0.39 is 18.0 Å². The second-order valence-electron chi connectivity index (χ2n) is 7.47. The Labute approximate surface area is 162 Å². The molecule has 2 fully saturated rings. The molecule has 4 rings (SSSR count). The molecular weight excluding hydrogens is 365 g/mol. The molecule has 1 saturated heterocycles. The minimum absolute atomic E-state index is 0.191. The maximum atomic E-state index is 14.7. The molecule has 8 nitrogen and oxygen atoms in total. The van der Waals surface area contributed by atoms with E-state index in [1.165, 1.54) is 30.7 Å². The van der Waals surface area contributed by atoms with Crippen LogP contribution in [-0.4, -0.2) is 62.2 Å². The van der Waals surface area contributed by atoms with E-state index in [9.17, 15) is 14.0 Å². The Kier molecular flexibility index (Phi) is 5.06. The zero-order valence-electron chi connectivity index (χ0n) is 15.8. The predicted octanol–water partition coefficient (Wildman–Crippen LogP) is 1.76. The van der Waals surface area contributed by atoms with E-state index >= 15 is 0 Å². The Morgan fingerprint density at radius 1 is 1.36 bits per heavy atom. The van der Waals surface area contributed by atoms with Crippen LogP contribution in [0.5, 0.6) is 0 Å². The third-order valence-electron chi connectivity index (χ3n) is 5.12. The first kappa shape index (κ1) is 18.5. The van der Waals surface area contributed by atoms with Gasteiger partial charge in [0.25, 0.3) is 0 Å². The van der Waals surface area contributed by atoms with Gasteiger partial charge in [0.15, 0.2) is 0 Å². The molecule has 1 unspecified atom stereocenters. The van der Waals surface area contributed by atoms with Crippen molar-refractivity contribution in [2.75, 3.05) is 42.5 Å². The smallest absolute Gasteiger partial charge is 0.414 e. The highest BCUT2D eigenvalue weighted by Gasteiger charge is 2.33. The molecule has 9 heteroatoms. The van der Waals surface area contributed by atoms with Gasteiger partial charge < -0.3 is 15.0 Å². The lowest BCUT2D eigenvalue weighted by molar-refractivity contribution is -0.119. The van der Waals surface area contributed by atoms with Gasteiger partial charge in [-0.05, 0) is 37.0 Å². The van der Waals surface area contributed by atoms with Crippen molar-refractivity contribution in [3.8, 4) is 0 Å². The second kappa shape index (κ2) is 7.65. The average Bonchev–Trinajstić information content (AvgIpc) is 3.40. The maximum absolute atomic E-state index is 14.7. The first-order valence-electron chi connectivity index (χ1n) is 9.57. The number of cyclic esters (lactones) is 1. The largest absolute Gasteiger partial charge is 0.442 e. The number of nitrogens with one attached hydrogen (secondary N) is 1. The van der Waals surface area contributed by atoms with Gasteiger partial charge in [0.2, 0.25) is 5.91 Å². The van der Waals surface area contributed by atoms with Gasteiger partial charge in [-0.3, -0.25) is 14.7 Å². The van der Waals surface area contributed by atoms with Crippen LogP contribution in [0.15, 0.2) is 23.3 Å². The number of ether oxygens (including phenoxy) is 1. The van der Waals surface area contributed by atoms with E-state index in [0.29, 0.717) is 17.9 Å². The molecule has 28 heavy (non-hydrogen) atoms. The summed E-state index contributed by atoms with van der Waals surface area (Å²) < 4.78 is 20.0. The standard InChI is InChI=1S/C19H24FN5O3/c1-13(26)21-9-16-11-25(19(27)28-16)15-4-5-18(17(20)8-15)23-6-7-24(22-12-23)10-14-2-3-14/h4-5,8,12,14,16H,2-3,6-7,9-11H2,1H3,(H,21,26). The van der Waals surface area contributed by atoms with Crippen LogP contribution in [0, 0.1) is 11.7 Å². The molecule has 150 valence electrons. The van der Waals surface area contributed by atoms with Crippen molar-refractivity contribution in [3.63, 3.8) is 0 Å². The number of amides is 2. The molecule has 2 aliphatic heterocycles. The minimum atomic E-state index is -0.544. The predicted molar refractivity (Wildman–Crippen MR) is 103 cm³/mol. The molecule has 3 aliphatic rings. The van der Waals surface area contributed by atoms with Crippen molar-refractivity contribution in [1.82, 2.24) is 10.3 Å². The SMILES string of the molecule is CC(=O)NCC1CN(c2ccc(N3C=NN(CC4CC4)CC3)c(F)c2)C(=O)O1. The van der Waals surface area contributed by atoms with Crippen LogP contribution in [-0.2, 0) is 9.53 Å². The molecular formula is C19H24FN5O3. The highest BCUT2D eigenvalue weighted by molar-refractivity contribution is 5.90. The number of carbonyl (C=O) groups excluding carboxylic acids is 2. The fourth-order valence-electron chi connectivity index (χ4n) is 3.39. The number of rotatable bonds is 6. The highest BCUT2D eigenvalue weighted by atomic mass is 19.1. The van der Waals surface area contributed by atoms with Crippen LogP contribution in [0.25, 0.3) is 0 Å². The van der Waals surface area contributed by atoms with E-state index in [4.69, 9.17) is 4.74 Å². The van der Waals surface area contributed by atoms with Crippen LogP contribution >= 0.6 is 0 Å². The van der Waals surface area contributed by atoms with Gasteiger partial charge in [-0.15, -0.1) is 0 Å². The third kappa shape index (κ3) is 4.18. The molecule has 0 aromatic heterocycles. The van der Waals surface area contributed by atoms with Gasteiger partial charge in [0.1, 0.15) is 18.3 Å². The molecule has 1 saturated carbocycles. The summed E-state index contributed by atoms with van der Waals surface area (Å²) in [4.78, 5) is 26.3. The third-order valence-corrected chi connectivity index (χ3v) is 5.12. The van der Waals surface area contributed by atoms with E-state index in [0.717, 1.165) is 19.0 Å². The normalized spacial score (nSPS) is 21.9. The second-order valence-corrected chi connectivity index (χ2v) is 7.47. The summed E-state index contributed by atoms with van der Waals surface area (Å²) in [5.74, 6) is 0.149. The Morgan fingerprint density at radius 3 is 2.82 bits per heavy atom. The Morgan fingerprint density at radius 2 is 2.18 bits per heavy atom. The van der Waals surface area contributed by atoms with E-state index in [2.05, 4.69) is 10.4 Å². The zero-order valence-corrected chi connectivity index (χ0v) is 15.8. The lowest BCUT2D eigenvalue weighted by Crippen LogP contribution is -2.39. The Balaban J connectivity index is 1.40. The summed E-state index contributed by atoms with van der Waals surface area (Å²) in [6.45, 7) is 4.30. The van der Waals surface area contributed by atoms with Gasteiger partial charge >= 0.3 is 6.09 Å². The number of hydrazone groups is 1. The molecule has 1 N–H and O–H groups in total. The molecule has 1 aromatic rings. The Bertz CT molecular complexity index is 798. The van der Waals surface area contributed by atoms with Gasteiger partial charge in [-0.25, -0.2) is 9.18 Å². The summed E-state index contributed by atoms with van der Waals surface area (Å²) in [5.41, 5.74) is 0.863. The minimum Gasteiger partial charge on any atom is -0.442 e. The molecule has 0 radical (unpaired) electrons. The molecule has 1 atom stereocenters. The maximum Gasteiger partial charge on any atom is 0.414 e. The summed E-state index contributed by atoms with van der Waals surface area (Å²) in [6, 6.07) is 4.69. The van der Waals surface area contributed by atoms with Crippen LogP contribution < -0.4 is 15.1 Å². The Hall–Kier alpha value is -2.84. The average molecular weight is 389 g/mol. The van der Waals surface area contributed by atoms with Crippen molar-refractivity contribution in [2.45, 2.75) is 25.9 Å². The van der Waals surface area contributed by atoms with E-state index in [1.807, 2.05) is 5.01 Å². The lowest BCUT2D eigenvalue weighted by Gasteiger charge is -2.30. The number of hydrogen-bond acceptors (Lipinski definition) is 6. The van der Waals surface area contributed by atoms with Crippen molar-refractivity contribution in [2.24, 2.45) is 11.0 Å². The van der Waals surface area contributed by atoms with Gasteiger partial charge in [-0.1, -0.05) is 0 Å². The quantitative estimate of drug-likeness (QED) is 0.802. The van der Waals surface area contributed by atoms with Crippen molar-refractivity contribution < 1.29 is 18.7 Å². The van der Waals surface area contributed by atoms with Crippen LogP contribution in [0.2, 0.25) is 0 Å². The number of nitrogens with zero attached hydrogens (tertiary/aromatic N) is 4. The van der Waals surface area contributed by atoms with Crippen LogP contribution in [0.4, 0.5) is 20.6 Å². The van der Waals surface area contributed by atoms with Crippen LogP contribution in [0.1, 0.15) is 19.8 Å². The first-order chi connectivity index (χ1) is 13.5. The monoisotopic (exact) mass is 389 g/mol. The number of benzene rings is 1. The fraction of sp³-hybridized carbons (Fsp3) is 0.526. The van der Waals surface area contributed by atoms with Gasteiger partial charge in [0, 0.05) is 20.0 Å². The fourth-order valence-corrected chi connectivity index (χ4v) is 3.39. The molecule has 0 spiro atoms. The highest BCUT2D eigenvalue weighted by Crippen LogP contribution is 2.31. The molecule has 2 amide bonds. The molecule has 0 bridgehead atoms. The van der Waals surface area contributed by atoms with E-state index in [1.54, 1.807) is 23.4 Å². The number of anilines is 2. The molecule has 1 aromatic carbocycles. The summed E-state index contributed by atoms with van der Waals surface area (Å²) in [7, 11) is 0. The van der Waals surface area contributed by atoms with Gasteiger partial charge in [0.05, 0.1) is 31.0 Å². The van der Waals surface area contributed by atoms with E-state index in [-0.39, 0.29) is 19.0 Å². The van der Waals surface area contributed by atoms with Gasteiger partial charge in [-0.2, -0.15) is 5.10 Å². The first-order valence-corrected chi connectivity index (χ1v) is 9.57. The van der Waals surface area contributed by atoms with Crippen molar-refractivity contribution in [1.29, 1.82) is 0 Å².